The van der Waals surface area contributed by atoms with Crippen molar-refractivity contribution in [3.63, 3.8) is 0 Å². The van der Waals surface area contributed by atoms with Crippen LogP contribution >= 0.6 is 0 Å². The largest absolute Gasteiger partial charge is 0.381 e. The summed E-state index contributed by atoms with van der Waals surface area (Å²) >= 11 is 0. The zero-order valence-corrected chi connectivity index (χ0v) is 12.9. The molecule has 6 nitrogen and oxygen atoms in total. The van der Waals surface area contributed by atoms with Gasteiger partial charge in [0.05, 0.1) is 6.61 Å². The molecule has 2 atom stereocenters. The topological polar surface area (TPSA) is 66.0 Å². The van der Waals surface area contributed by atoms with Crippen molar-refractivity contribution in [2.45, 2.75) is 25.7 Å². The maximum absolute atomic E-state index is 11.6. The Bertz CT molecular complexity index is 420. The molecule has 1 amide bonds. The predicted octanol–water partition coefficient (Wildman–Crippen LogP) is 0.200. The fourth-order valence-electron chi connectivity index (χ4n) is 3.74. The molecule has 0 aromatic carbocycles. The van der Waals surface area contributed by atoms with Crippen LogP contribution in [0.4, 0.5) is 0 Å². The molecule has 2 unspecified atom stereocenters. The third-order valence-corrected chi connectivity index (χ3v) is 4.94. The first-order valence-electron chi connectivity index (χ1n) is 8.01. The number of piperidine rings is 1. The zero-order valence-electron chi connectivity index (χ0n) is 12.9. The van der Waals surface area contributed by atoms with Crippen LogP contribution < -0.4 is 10.6 Å². The van der Waals surface area contributed by atoms with Crippen LogP contribution in [0.1, 0.15) is 25.7 Å². The first kappa shape index (κ1) is 14.6. The second-order valence-corrected chi connectivity index (χ2v) is 6.64. The smallest absolute Gasteiger partial charge is 0.220 e. The number of ether oxygens (including phenoxy) is 1. The van der Waals surface area contributed by atoms with E-state index >= 15 is 0 Å². The molecule has 3 heterocycles. The average Bonchev–Trinajstić information content (AvgIpc) is 3.11. The van der Waals surface area contributed by atoms with Crippen molar-refractivity contribution >= 4 is 11.9 Å². The lowest BCUT2D eigenvalue weighted by molar-refractivity contribution is -0.119. The third kappa shape index (κ3) is 3.31. The minimum Gasteiger partial charge on any atom is -0.381 e. The van der Waals surface area contributed by atoms with E-state index in [1.54, 1.807) is 0 Å². The highest BCUT2D eigenvalue weighted by Crippen LogP contribution is 2.35. The Morgan fingerprint density at radius 1 is 1.62 bits per heavy atom. The maximum Gasteiger partial charge on any atom is 0.220 e. The number of nitrogens with one attached hydrogen (secondary N) is 2. The lowest BCUT2D eigenvalue weighted by Crippen LogP contribution is -2.52. The van der Waals surface area contributed by atoms with Gasteiger partial charge in [-0.25, -0.2) is 0 Å². The molecule has 1 spiro atoms. The second kappa shape index (κ2) is 6.22. The summed E-state index contributed by atoms with van der Waals surface area (Å²) in [5, 5.41) is 6.48. The lowest BCUT2D eigenvalue weighted by Gasteiger charge is -2.41. The van der Waals surface area contributed by atoms with Crippen molar-refractivity contribution in [3.05, 3.63) is 0 Å². The Morgan fingerprint density at radius 3 is 3.19 bits per heavy atom. The molecule has 0 aromatic rings. The minimum atomic E-state index is 0.115. The summed E-state index contributed by atoms with van der Waals surface area (Å²) in [6.45, 7) is 5.42. The summed E-state index contributed by atoms with van der Waals surface area (Å²) in [6, 6.07) is 0. The number of rotatable bonds is 2. The normalized spacial score (nSPS) is 33.6. The standard InChI is InChI=1S/C15H26N4O2/c1-16-14(17-8-12-3-6-21-9-12)19-5-2-4-15(11-19)7-13(20)18-10-15/h12H,2-11H2,1H3,(H,16,17)(H,18,20). The molecule has 118 valence electrons. The van der Waals surface area contributed by atoms with Crippen molar-refractivity contribution in [1.29, 1.82) is 0 Å². The molecule has 3 rings (SSSR count). The van der Waals surface area contributed by atoms with Gasteiger partial charge in [-0.2, -0.15) is 0 Å². The van der Waals surface area contributed by atoms with Crippen LogP contribution in [0.5, 0.6) is 0 Å². The number of nitrogens with zero attached hydrogens (tertiary/aromatic N) is 2. The third-order valence-electron chi connectivity index (χ3n) is 4.94. The van der Waals surface area contributed by atoms with E-state index in [0.29, 0.717) is 12.3 Å². The van der Waals surface area contributed by atoms with Gasteiger partial charge in [-0.1, -0.05) is 0 Å². The summed E-state index contributed by atoms with van der Waals surface area (Å²) in [5.41, 5.74) is 0.115. The molecule has 3 aliphatic rings. The highest BCUT2D eigenvalue weighted by Gasteiger charge is 2.42. The molecular weight excluding hydrogens is 268 g/mol. The van der Waals surface area contributed by atoms with Gasteiger partial charge < -0.3 is 20.3 Å². The Morgan fingerprint density at radius 2 is 2.52 bits per heavy atom. The Hall–Kier alpha value is -1.30. The van der Waals surface area contributed by atoms with Crippen molar-refractivity contribution in [1.82, 2.24) is 15.5 Å². The fraction of sp³-hybridized carbons (Fsp3) is 0.867. The number of hydrogen-bond acceptors (Lipinski definition) is 3. The maximum atomic E-state index is 11.6. The van der Waals surface area contributed by atoms with E-state index in [0.717, 1.165) is 64.6 Å². The van der Waals surface area contributed by atoms with Gasteiger partial charge >= 0.3 is 0 Å². The number of hydrogen-bond donors (Lipinski definition) is 2. The van der Waals surface area contributed by atoms with Gasteiger partial charge in [0.25, 0.3) is 0 Å². The first-order valence-corrected chi connectivity index (χ1v) is 8.01. The first-order chi connectivity index (χ1) is 10.2. The summed E-state index contributed by atoms with van der Waals surface area (Å²) in [5.74, 6) is 1.76. The molecule has 3 saturated heterocycles. The van der Waals surface area contributed by atoms with Gasteiger partial charge in [0.15, 0.2) is 5.96 Å². The van der Waals surface area contributed by atoms with Gasteiger partial charge in [0.2, 0.25) is 5.91 Å². The average molecular weight is 294 g/mol. The van der Waals surface area contributed by atoms with Gasteiger partial charge in [-0.05, 0) is 19.3 Å². The molecule has 3 aliphatic heterocycles. The lowest BCUT2D eigenvalue weighted by atomic mass is 9.79. The van der Waals surface area contributed by atoms with E-state index < -0.39 is 0 Å². The predicted molar refractivity (Wildman–Crippen MR) is 81.2 cm³/mol. The molecule has 3 fully saturated rings. The molecule has 6 heteroatoms. The quantitative estimate of drug-likeness (QED) is 0.564. The Labute approximate surface area is 126 Å². The van der Waals surface area contributed by atoms with Gasteiger partial charge in [0, 0.05) is 57.6 Å². The molecular formula is C15H26N4O2. The number of carbonyl (C=O) groups excluding carboxylic acids is 1. The molecule has 0 bridgehead atoms. The van der Waals surface area contributed by atoms with E-state index in [9.17, 15) is 4.79 Å². The summed E-state index contributed by atoms with van der Waals surface area (Å²) in [7, 11) is 1.84. The molecule has 0 saturated carbocycles. The summed E-state index contributed by atoms with van der Waals surface area (Å²) in [4.78, 5) is 18.3. The molecule has 21 heavy (non-hydrogen) atoms. The van der Waals surface area contributed by atoms with Crippen molar-refractivity contribution in [2.24, 2.45) is 16.3 Å². The van der Waals surface area contributed by atoms with E-state index in [-0.39, 0.29) is 11.3 Å². The zero-order chi connectivity index (χ0) is 14.7. The van der Waals surface area contributed by atoms with Crippen molar-refractivity contribution in [3.8, 4) is 0 Å². The van der Waals surface area contributed by atoms with Crippen LogP contribution in [0.25, 0.3) is 0 Å². The second-order valence-electron chi connectivity index (χ2n) is 6.64. The van der Waals surface area contributed by atoms with Gasteiger partial charge in [0.1, 0.15) is 0 Å². The van der Waals surface area contributed by atoms with Crippen molar-refractivity contribution < 1.29 is 9.53 Å². The highest BCUT2D eigenvalue weighted by molar-refractivity contribution is 5.81. The Kier molecular flexibility index (Phi) is 4.33. The minimum absolute atomic E-state index is 0.115. The molecule has 0 radical (unpaired) electrons. The van der Waals surface area contributed by atoms with Crippen LogP contribution in [0, 0.1) is 11.3 Å². The molecule has 2 N–H and O–H groups in total. The fourth-order valence-corrected chi connectivity index (χ4v) is 3.74. The summed E-state index contributed by atoms with van der Waals surface area (Å²) in [6.07, 6.45) is 4.06. The van der Waals surface area contributed by atoms with Crippen molar-refractivity contribution in [2.75, 3.05) is 46.4 Å². The van der Waals surface area contributed by atoms with E-state index in [1.165, 1.54) is 0 Å². The van der Waals surface area contributed by atoms with Gasteiger partial charge in [-0.3, -0.25) is 9.79 Å². The molecule has 0 aliphatic carbocycles. The number of carbonyl (C=O) groups is 1. The Balaban J connectivity index is 1.57. The number of likely N-dealkylation sites (tertiary alicyclic amines) is 1. The number of amides is 1. The van der Waals surface area contributed by atoms with E-state index in [4.69, 9.17) is 4.74 Å². The van der Waals surface area contributed by atoms with Crippen LogP contribution in [0.3, 0.4) is 0 Å². The van der Waals surface area contributed by atoms with Gasteiger partial charge in [-0.15, -0.1) is 0 Å². The number of guanidine groups is 1. The SMILES string of the molecule is CN=C(NCC1CCOC1)N1CCCC2(CNC(=O)C2)C1. The number of aliphatic imine (C=N–C) groups is 1. The van der Waals surface area contributed by atoms with Crippen LogP contribution in [-0.2, 0) is 9.53 Å². The van der Waals surface area contributed by atoms with Crippen LogP contribution in [0.2, 0.25) is 0 Å². The van der Waals surface area contributed by atoms with Crippen LogP contribution in [-0.4, -0.2) is 63.2 Å². The summed E-state index contributed by atoms with van der Waals surface area (Å²) < 4.78 is 5.42. The monoisotopic (exact) mass is 294 g/mol. The van der Waals surface area contributed by atoms with E-state index in [1.807, 2.05) is 7.05 Å². The molecule has 0 aromatic heterocycles. The van der Waals surface area contributed by atoms with Crippen LogP contribution in [0.15, 0.2) is 4.99 Å². The highest BCUT2D eigenvalue weighted by atomic mass is 16.5. The van der Waals surface area contributed by atoms with E-state index in [2.05, 4.69) is 20.5 Å².